The van der Waals surface area contributed by atoms with E-state index in [4.69, 9.17) is 0 Å². The van der Waals surface area contributed by atoms with Gasteiger partial charge in [0.15, 0.2) is 0 Å². The molecule has 1 saturated carbocycles. The van der Waals surface area contributed by atoms with Crippen LogP contribution in [0.5, 0.6) is 0 Å². The van der Waals surface area contributed by atoms with Gasteiger partial charge in [-0.2, -0.15) is 17.0 Å². The molecule has 1 amide bonds. The minimum absolute atomic E-state index is 0.0974. The standard InChI is InChI=1S/C18H29N5O3S/c1-19-17-9-8-15(14-20-17)18(24)22-10-12-23(13-11-22)27(25,26)21(2)16-6-4-3-5-7-16/h8-9,14,16H,3-7,10-13H2,1-2H3,(H,19,20). The fourth-order valence-corrected chi connectivity index (χ4v) is 5.36. The minimum atomic E-state index is -3.48. The fourth-order valence-electron chi connectivity index (χ4n) is 3.79. The second-order valence-electron chi connectivity index (χ2n) is 7.19. The van der Waals surface area contributed by atoms with Crippen molar-refractivity contribution in [2.45, 2.75) is 38.1 Å². The first-order valence-corrected chi connectivity index (χ1v) is 11.0. The summed E-state index contributed by atoms with van der Waals surface area (Å²) in [6.45, 7) is 1.44. The molecule has 0 atom stereocenters. The van der Waals surface area contributed by atoms with Gasteiger partial charge < -0.3 is 10.2 Å². The number of amides is 1. The van der Waals surface area contributed by atoms with Gasteiger partial charge in [-0.15, -0.1) is 0 Å². The summed E-state index contributed by atoms with van der Waals surface area (Å²) in [4.78, 5) is 18.5. The highest BCUT2D eigenvalue weighted by Crippen LogP contribution is 2.25. The molecule has 1 aliphatic carbocycles. The van der Waals surface area contributed by atoms with Gasteiger partial charge in [0.05, 0.1) is 5.56 Å². The van der Waals surface area contributed by atoms with E-state index in [0.717, 1.165) is 25.7 Å². The van der Waals surface area contributed by atoms with E-state index in [1.165, 1.54) is 10.7 Å². The molecule has 1 aromatic heterocycles. The molecule has 1 aliphatic heterocycles. The zero-order valence-corrected chi connectivity index (χ0v) is 16.9. The highest BCUT2D eigenvalue weighted by Gasteiger charge is 2.35. The Balaban J connectivity index is 1.59. The lowest BCUT2D eigenvalue weighted by molar-refractivity contribution is 0.0692. The van der Waals surface area contributed by atoms with E-state index in [0.29, 0.717) is 37.6 Å². The van der Waals surface area contributed by atoms with Crippen molar-refractivity contribution in [2.75, 3.05) is 45.6 Å². The molecular formula is C18H29N5O3S. The molecule has 1 aromatic rings. The third kappa shape index (κ3) is 4.41. The molecule has 2 aliphatic rings. The molecule has 3 rings (SSSR count). The number of pyridine rings is 1. The molecule has 0 radical (unpaired) electrons. The maximum Gasteiger partial charge on any atom is 0.282 e. The van der Waals surface area contributed by atoms with Crippen LogP contribution in [-0.2, 0) is 10.2 Å². The van der Waals surface area contributed by atoms with Gasteiger partial charge in [-0.05, 0) is 25.0 Å². The van der Waals surface area contributed by atoms with Crippen molar-refractivity contribution in [3.8, 4) is 0 Å². The maximum atomic E-state index is 12.9. The fraction of sp³-hybridized carbons (Fsp3) is 0.667. The lowest BCUT2D eigenvalue weighted by Crippen LogP contribution is -2.55. The van der Waals surface area contributed by atoms with Crippen molar-refractivity contribution in [3.05, 3.63) is 23.9 Å². The van der Waals surface area contributed by atoms with E-state index in [9.17, 15) is 13.2 Å². The van der Waals surface area contributed by atoms with E-state index < -0.39 is 10.2 Å². The number of nitrogens with zero attached hydrogens (tertiary/aromatic N) is 4. The van der Waals surface area contributed by atoms with Crippen LogP contribution in [-0.4, -0.2) is 79.1 Å². The van der Waals surface area contributed by atoms with Gasteiger partial charge in [0, 0.05) is 52.5 Å². The number of anilines is 1. The third-order valence-corrected chi connectivity index (χ3v) is 7.62. The number of piperazine rings is 1. The highest BCUT2D eigenvalue weighted by atomic mass is 32.2. The smallest absolute Gasteiger partial charge is 0.282 e. The van der Waals surface area contributed by atoms with E-state index in [1.807, 2.05) is 0 Å². The lowest BCUT2D eigenvalue weighted by Gasteiger charge is -2.38. The Morgan fingerprint density at radius 2 is 1.81 bits per heavy atom. The average molecular weight is 396 g/mol. The molecular weight excluding hydrogens is 366 g/mol. The number of rotatable bonds is 5. The van der Waals surface area contributed by atoms with Crippen LogP contribution < -0.4 is 5.32 Å². The molecule has 8 nitrogen and oxygen atoms in total. The molecule has 2 fully saturated rings. The molecule has 2 heterocycles. The number of aromatic nitrogens is 1. The summed E-state index contributed by atoms with van der Waals surface area (Å²) in [6, 6.07) is 3.59. The van der Waals surface area contributed by atoms with E-state index in [1.54, 1.807) is 41.6 Å². The van der Waals surface area contributed by atoms with E-state index in [2.05, 4.69) is 10.3 Å². The Morgan fingerprint density at radius 3 is 2.37 bits per heavy atom. The van der Waals surface area contributed by atoms with Gasteiger partial charge in [0.1, 0.15) is 5.82 Å². The van der Waals surface area contributed by atoms with Crippen molar-refractivity contribution in [3.63, 3.8) is 0 Å². The SMILES string of the molecule is CNc1ccc(C(=O)N2CCN(S(=O)(=O)N(C)C3CCCCC3)CC2)cn1. The minimum Gasteiger partial charge on any atom is -0.373 e. The van der Waals surface area contributed by atoms with E-state index >= 15 is 0 Å². The van der Waals surface area contributed by atoms with Gasteiger partial charge in [-0.25, -0.2) is 4.98 Å². The predicted octanol–water partition coefficient (Wildman–Crippen LogP) is 1.39. The third-order valence-electron chi connectivity index (χ3n) is 5.57. The summed E-state index contributed by atoms with van der Waals surface area (Å²) >= 11 is 0. The number of nitrogens with one attached hydrogen (secondary N) is 1. The average Bonchev–Trinajstić information content (AvgIpc) is 2.73. The number of hydrogen-bond acceptors (Lipinski definition) is 5. The quantitative estimate of drug-likeness (QED) is 0.814. The zero-order valence-electron chi connectivity index (χ0n) is 16.1. The Kier molecular flexibility index (Phi) is 6.33. The van der Waals surface area contributed by atoms with Crippen LogP contribution in [0.15, 0.2) is 18.3 Å². The summed E-state index contributed by atoms with van der Waals surface area (Å²) in [6.07, 6.45) is 6.79. The molecule has 0 spiro atoms. The van der Waals surface area contributed by atoms with Crippen LogP contribution >= 0.6 is 0 Å². The summed E-state index contributed by atoms with van der Waals surface area (Å²) in [5.74, 6) is 0.594. The molecule has 1 saturated heterocycles. The number of carbonyl (C=O) groups is 1. The molecule has 150 valence electrons. The van der Waals surface area contributed by atoms with E-state index in [-0.39, 0.29) is 11.9 Å². The van der Waals surface area contributed by atoms with Gasteiger partial charge in [0.25, 0.3) is 16.1 Å². The van der Waals surface area contributed by atoms with Crippen LogP contribution in [0.25, 0.3) is 0 Å². The Morgan fingerprint density at radius 1 is 1.15 bits per heavy atom. The number of hydrogen-bond donors (Lipinski definition) is 1. The molecule has 1 N–H and O–H groups in total. The van der Waals surface area contributed by atoms with Gasteiger partial charge in [-0.3, -0.25) is 4.79 Å². The normalized spacial score (nSPS) is 20.0. The topological polar surface area (TPSA) is 85.8 Å². The van der Waals surface area contributed by atoms with Crippen molar-refractivity contribution in [1.82, 2.24) is 18.5 Å². The van der Waals surface area contributed by atoms with Gasteiger partial charge in [-0.1, -0.05) is 19.3 Å². The summed E-state index contributed by atoms with van der Waals surface area (Å²) < 4.78 is 28.9. The molecule has 0 bridgehead atoms. The predicted molar refractivity (Wildman–Crippen MR) is 105 cm³/mol. The molecule has 9 heteroatoms. The molecule has 27 heavy (non-hydrogen) atoms. The lowest BCUT2D eigenvalue weighted by atomic mass is 9.96. The monoisotopic (exact) mass is 395 g/mol. The first kappa shape index (κ1) is 20.0. The maximum absolute atomic E-state index is 12.9. The van der Waals surface area contributed by atoms with Crippen LogP contribution in [0.1, 0.15) is 42.5 Å². The summed E-state index contributed by atoms with van der Waals surface area (Å²) in [5.41, 5.74) is 0.518. The van der Waals surface area contributed by atoms with Crippen molar-refractivity contribution >= 4 is 21.9 Å². The molecule has 0 unspecified atom stereocenters. The van der Waals surface area contributed by atoms with Crippen LogP contribution in [0.3, 0.4) is 0 Å². The second kappa shape index (κ2) is 8.53. The Hall–Kier alpha value is -1.71. The van der Waals surface area contributed by atoms with Crippen LogP contribution in [0, 0.1) is 0 Å². The van der Waals surface area contributed by atoms with Crippen LogP contribution in [0.4, 0.5) is 5.82 Å². The Labute approximate surface area is 161 Å². The zero-order chi connectivity index (χ0) is 19.4. The van der Waals surface area contributed by atoms with Crippen molar-refractivity contribution in [1.29, 1.82) is 0 Å². The number of carbonyl (C=O) groups excluding carboxylic acids is 1. The first-order valence-electron chi connectivity index (χ1n) is 9.59. The second-order valence-corrected chi connectivity index (χ2v) is 9.18. The summed E-state index contributed by atoms with van der Waals surface area (Å²) in [7, 11) is -0.0124. The van der Waals surface area contributed by atoms with Crippen LogP contribution in [0.2, 0.25) is 0 Å². The summed E-state index contributed by atoms with van der Waals surface area (Å²) in [5, 5.41) is 2.92. The van der Waals surface area contributed by atoms with Gasteiger partial charge >= 0.3 is 0 Å². The van der Waals surface area contributed by atoms with Crippen molar-refractivity contribution in [2.24, 2.45) is 0 Å². The first-order chi connectivity index (χ1) is 12.9. The van der Waals surface area contributed by atoms with Gasteiger partial charge in [0.2, 0.25) is 0 Å². The Bertz CT molecular complexity index is 739. The highest BCUT2D eigenvalue weighted by molar-refractivity contribution is 7.86. The largest absolute Gasteiger partial charge is 0.373 e. The molecule has 0 aromatic carbocycles. The van der Waals surface area contributed by atoms with Crippen molar-refractivity contribution < 1.29 is 13.2 Å².